The summed E-state index contributed by atoms with van der Waals surface area (Å²) in [7, 11) is 0. The Hall–Kier alpha value is -1.43. The SMILES string of the molecule is CC(C(=O)NC1CC1)n1cc(CNC2CC2)nn1. The minimum Gasteiger partial charge on any atom is -0.352 e. The van der Waals surface area contributed by atoms with Crippen LogP contribution in [0.3, 0.4) is 0 Å². The number of hydrogen-bond donors (Lipinski definition) is 2. The van der Waals surface area contributed by atoms with E-state index in [1.165, 1.54) is 12.8 Å². The van der Waals surface area contributed by atoms with Gasteiger partial charge in [0.2, 0.25) is 5.91 Å². The molecule has 1 aromatic rings. The molecule has 1 amide bonds. The second-order valence-electron chi connectivity index (χ2n) is 5.30. The fourth-order valence-electron chi connectivity index (χ4n) is 1.79. The minimum absolute atomic E-state index is 0.0316. The third-order valence-electron chi connectivity index (χ3n) is 3.41. The Morgan fingerprint density at radius 3 is 2.83 bits per heavy atom. The van der Waals surface area contributed by atoms with Gasteiger partial charge < -0.3 is 10.6 Å². The highest BCUT2D eigenvalue weighted by Gasteiger charge is 2.27. The number of nitrogens with one attached hydrogen (secondary N) is 2. The van der Waals surface area contributed by atoms with Gasteiger partial charge in [-0.05, 0) is 32.6 Å². The third kappa shape index (κ3) is 2.87. The Morgan fingerprint density at radius 2 is 2.17 bits per heavy atom. The first-order valence-electron chi connectivity index (χ1n) is 6.67. The van der Waals surface area contributed by atoms with Gasteiger partial charge in [0, 0.05) is 18.6 Å². The molecule has 2 saturated carbocycles. The second-order valence-corrected chi connectivity index (χ2v) is 5.30. The van der Waals surface area contributed by atoms with Crippen LogP contribution in [0.4, 0.5) is 0 Å². The maximum atomic E-state index is 11.9. The molecule has 18 heavy (non-hydrogen) atoms. The molecule has 0 aromatic carbocycles. The lowest BCUT2D eigenvalue weighted by molar-refractivity contribution is -0.124. The number of nitrogens with zero attached hydrogens (tertiary/aromatic N) is 3. The van der Waals surface area contributed by atoms with Crippen molar-refractivity contribution in [2.24, 2.45) is 0 Å². The van der Waals surface area contributed by atoms with E-state index in [1.54, 1.807) is 4.68 Å². The van der Waals surface area contributed by atoms with Crippen LogP contribution < -0.4 is 10.6 Å². The summed E-state index contributed by atoms with van der Waals surface area (Å²) in [6.45, 7) is 2.59. The van der Waals surface area contributed by atoms with Crippen molar-refractivity contribution in [3.05, 3.63) is 11.9 Å². The number of aromatic nitrogens is 3. The van der Waals surface area contributed by atoms with E-state index in [4.69, 9.17) is 0 Å². The van der Waals surface area contributed by atoms with Crippen molar-refractivity contribution in [3.63, 3.8) is 0 Å². The summed E-state index contributed by atoms with van der Waals surface area (Å²) in [5.74, 6) is 0.0316. The highest BCUT2D eigenvalue weighted by atomic mass is 16.2. The van der Waals surface area contributed by atoms with Gasteiger partial charge in [-0.1, -0.05) is 5.21 Å². The van der Waals surface area contributed by atoms with E-state index in [-0.39, 0.29) is 11.9 Å². The zero-order valence-corrected chi connectivity index (χ0v) is 10.6. The normalized spacial score (nSPS) is 20.7. The zero-order valence-electron chi connectivity index (χ0n) is 10.6. The lowest BCUT2D eigenvalue weighted by Crippen LogP contribution is -2.32. The Bertz CT molecular complexity index is 435. The van der Waals surface area contributed by atoms with Crippen molar-refractivity contribution in [1.82, 2.24) is 25.6 Å². The Kier molecular flexibility index (Phi) is 3.03. The van der Waals surface area contributed by atoms with Crippen LogP contribution in [0.25, 0.3) is 0 Å². The molecule has 1 unspecified atom stereocenters. The predicted octanol–water partition coefficient (Wildman–Crippen LogP) is 0.370. The molecule has 0 saturated heterocycles. The number of carbonyl (C=O) groups excluding carboxylic acids is 1. The van der Waals surface area contributed by atoms with Gasteiger partial charge in [0.1, 0.15) is 6.04 Å². The van der Waals surface area contributed by atoms with E-state index >= 15 is 0 Å². The summed E-state index contributed by atoms with van der Waals surface area (Å²) in [4.78, 5) is 11.9. The van der Waals surface area contributed by atoms with Gasteiger partial charge in [0.25, 0.3) is 0 Å². The molecule has 0 bridgehead atoms. The molecular formula is C12H19N5O. The van der Waals surface area contributed by atoms with Gasteiger partial charge in [-0.25, -0.2) is 4.68 Å². The van der Waals surface area contributed by atoms with Crippen LogP contribution >= 0.6 is 0 Å². The van der Waals surface area contributed by atoms with Gasteiger partial charge in [0.15, 0.2) is 0 Å². The number of rotatable bonds is 6. The largest absolute Gasteiger partial charge is 0.352 e. The maximum absolute atomic E-state index is 11.9. The highest BCUT2D eigenvalue weighted by molar-refractivity contribution is 5.80. The molecule has 2 aliphatic carbocycles. The summed E-state index contributed by atoms with van der Waals surface area (Å²) in [6.07, 6.45) is 6.58. The molecule has 98 valence electrons. The quantitative estimate of drug-likeness (QED) is 0.764. The summed E-state index contributed by atoms with van der Waals surface area (Å²) < 4.78 is 1.64. The fraction of sp³-hybridized carbons (Fsp3) is 0.750. The molecule has 1 heterocycles. The van der Waals surface area contributed by atoms with Gasteiger partial charge >= 0.3 is 0 Å². The lowest BCUT2D eigenvalue weighted by Gasteiger charge is -2.10. The number of carbonyl (C=O) groups is 1. The molecule has 1 atom stereocenters. The summed E-state index contributed by atoms with van der Waals surface area (Å²) in [6, 6.07) is 0.762. The van der Waals surface area contributed by atoms with Gasteiger partial charge in [-0.3, -0.25) is 4.79 Å². The molecule has 2 N–H and O–H groups in total. The summed E-state index contributed by atoms with van der Waals surface area (Å²) >= 11 is 0. The maximum Gasteiger partial charge on any atom is 0.244 e. The minimum atomic E-state index is -0.284. The van der Waals surface area contributed by atoms with Crippen LogP contribution in [0.1, 0.15) is 44.3 Å². The Morgan fingerprint density at radius 1 is 1.44 bits per heavy atom. The Labute approximate surface area is 106 Å². The van der Waals surface area contributed by atoms with E-state index in [0.717, 1.165) is 25.1 Å². The van der Waals surface area contributed by atoms with Crippen molar-refractivity contribution < 1.29 is 4.79 Å². The van der Waals surface area contributed by atoms with E-state index in [2.05, 4.69) is 20.9 Å². The summed E-state index contributed by atoms with van der Waals surface area (Å²) in [5.41, 5.74) is 0.896. The molecule has 2 fully saturated rings. The Balaban J connectivity index is 1.54. The standard InChI is InChI=1S/C12H19N5O/c1-8(12(18)14-10-4-5-10)17-7-11(15-16-17)6-13-9-2-3-9/h7-10,13H,2-6H2,1H3,(H,14,18). The van der Waals surface area contributed by atoms with Gasteiger partial charge in [-0.2, -0.15) is 0 Å². The van der Waals surface area contributed by atoms with Crippen molar-refractivity contribution in [2.45, 2.75) is 57.3 Å². The topological polar surface area (TPSA) is 71.8 Å². The first-order chi connectivity index (χ1) is 8.72. The number of amides is 1. The van der Waals surface area contributed by atoms with Crippen molar-refractivity contribution >= 4 is 5.91 Å². The van der Waals surface area contributed by atoms with E-state index in [1.807, 2.05) is 13.1 Å². The van der Waals surface area contributed by atoms with Crippen molar-refractivity contribution in [3.8, 4) is 0 Å². The zero-order chi connectivity index (χ0) is 12.5. The molecule has 0 radical (unpaired) electrons. The van der Waals surface area contributed by atoms with Crippen LogP contribution in [0.5, 0.6) is 0 Å². The molecular weight excluding hydrogens is 230 g/mol. The van der Waals surface area contributed by atoms with Crippen LogP contribution in [0.2, 0.25) is 0 Å². The van der Waals surface area contributed by atoms with Crippen molar-refractivity contribution in [2.75, 3.05) is 0 Å². The molecule has 0 spiro atoms. The average Bonchev–Trinajstić information content (AvgIpc) is 3.28. The van der Waals surface area contributed by atoms with E-state index in [0.29, 0.717) is 12.1 Å². The first-order valence-corrected chi connectivity index (χ1v) is 6.67. The van der Waals surface area contributed by atoms with Crippen LogP contribution in [-0.4, -0.2) is 33.0 Å². The molecule has 1 aromatic heterocycles. The predicted molar refractivity (Wildman–Crippen MR) is 65.8 cm³/mol. The summed E-state index contributed by atoms with van der Waals surface area (Å²) in [5, 5.41) is 14.5. The van der Waals surface area contributed by atoms with Crippen molar-refractivity contribution in [1.29, 1.82) is 0 Å². The average molecular weight is 249 g/mol. The highest BCUT2D eigenvalue weighted by Crippen LogP contribution is 2.20. The smallest absolute Gasteiger partial charge is 0.244 e. The molecule has 2 aliphatic rings. The van der Waals surface area contributed by atoms with E-state index < -0.39 is 0 Å². The van der Waals surface area contributed by atoms with E-state index in [9.17, 15) is 4.79 Å². The fourth-order valence-corrected chi connectivity index (χ4v) is 1.79. The second kappa shape index (κ2) is 4.68. The van der Waals surface area contributed by atoms with Crippen LogP contribution in [0.15, 0.2) is 6.20 Å². The third-order valence-corrected chi connectivity index (χ3v) is 3.41. The molecule has 6 heteroatoms. The molecule has 0 aliphatic heterocycles. The number of hydrogen-bond acceptors (Lipinski definition) is 4. The lowest BCUT2D eigenvalue weighted by atomic mass is 10.3. The monoisotopic (exact) mass is 249 g/mol. The first kappa shape index (κ1) is 11.6. The van der Waals surface area contributed by atoms with Gasteiger partial charge in [0.05, 0.1) is 11.9 Å². The van der Waals surface area contributed by atoms with Gasteiger partial charge in [-0.15, -0.1) is 5.10 Å². The molecule has 6 nitrogen and oxygen atoms in total. The van der Waals surface area contributed by atoms with Crippen LogP contribution in [0, 0.1) is 0 Å². The molecule has 3 rings (SSSR count). The van der Waals surface area contributed by atoms with Crippen LogP contribution in [-0.2, 0) is 11.3 Å².